The monoisotopic (exact) mass is 323 g/mol. The molecule has 0 radical (unpaired) electrons. The second kappa shape index (κ2) is 6.23. The summed E-state index contributed by atoms with van der Waals surface area (Å²) in [5.41, 5.74) is 2.17. The van der Waals surface area contributed by atoms with Gasteiger partial charge in [0.1, 0.15) is 11.8 Å². The molecular weight excluding hydrogens is 306 g/mol. The number of H-pyrrole nitrogens is 1. The molecular formula is C16H17N7O. The Morgan fingerprint density at radius 2 is 2.29 bits per heavy atom. The molecule has 24 heavy (non-hydrogen) atoms. The topological polar surface area (TPSA) is 99.7 Å². The van der Waals surface area contributed by atoms with Crippen LogP contribution < -0.4 is 10.2 Å². The number of aromatic amines is 1. The summed E-state index contributed by atoms with van der Waals surface area (Å²) in [4.78, 5) is 34.5. The van der Waals surface area contributed by atoms with Crippen LogP contribution in [0.1, 0.15) is 12.8 Å². The van der Waals surface area contributed by atoms with Crippen LogP contribution in [0.5, 0.6) is 0 Å². The van der Waals surface area contributed by atoms with Crippen LogP contribution in [0.15, 0.2) is 37.2 Å². The number of pyridine rings is 1. The van der Waals surface area contributed by atoms with Crippen LogP contribution in [0.2, 0.25) is 0 Å². The molecule has 4 rings (SSSR count). The highest BCUT2D eigenvalue weighted by molar-refractivity contribution is 5.93. The highest BCUT2D eigenvalue weighted by Crippen LogP contribution is 2.26. The van der Waals surface area contributed by atoms with Crippen molar-refractivity contribution >= 4 is 28.6 Å². The second-order valence-corrected chi connectivity index (χ2v) is 5.81. The van der Waals surface area contributed by atoms with Crippen LogP contribution in [0.4, 0.5) is 11.5 Å². The van der Waals surface area contributed by atoms with E-state index in [-0.39, 0.29) is 11.8 Å². The zero-order chi connectivity index (χ0) is 16.4. The van der Waals surface area contributed by atoms with E-state index >= 15 is 0 Å². The minimum absolute atomic E-state index is 0.0163. The van der Waals surface area contributed by atoms with Gasteiger partial charge in [-0.2, -0.15) is 0 Å². The summed E-state index contributed by atoms with van der Waals surface area (Å²) in [5, 5.41) is 2.93. The summed E-state index contributed by atoms with van der Waals surface area (Å²) < 4.78 is 0. The van der Waals surface area contributed by atoms with E-state index in [1.54, 1.807) is 24.8 Å². The summed E-state index contributed by atoms with van der Waals surface area (Å²) >= 11 is 0. The molecule has 0 spiro atoms. The number of nitrogens with one attached hydrogen (secondary N) is 2. The van der Waals surface area contributed by atoms with Crippen molar-refractivity contribution in [3.63, 3.8) is 0 Å². The predicted molar refractivity (Wildman–Crippen MR) is 89.5 cm³/mol. The van der Waals surface area contributed by atoms with Crippen molar-refractivity contribution in [2.45, 2.75) is 12.8 Å². The van der Waals surface area contributed by atoms with Crippen LogP contribution in [0.25, 0.3) is 11.2 Å². The lowest BCUT2D eigenvalue weighted by molar-refractivity contribution is -0.120. The van der Waals surface area contributed by atoms with Gasteiger partial charge in [0.25, 0.3) is 0 Å². The Morgan fingerprint density at radius 1 is 1.33 bits per heavy atom. The van der Waals surface area contributed by atoms with E-state index in [0.717, 1.165) is 36.4 Å². The van der Waals surface area contributed by atoms with Gasteiger partial charge in [0, 0.05) is 19.3 Å². The van der Waals surface area contributed by atoms with Gasteiger partial charge in [-0.25, -0.2) is 15.0 Å². The molecule has 1 aliphatic rings. The van der Waals surface area contributed by atoms with Crippen molar-refractivity contribution in [1.29, 1.82) is 0 Å². The number of carbonyl (C=O) groups is 1. The largest absolute Gasteiger partial charge is 0.354 e. The molecule has 1 saturated heterocycles. The molecule has 122 valence electrons. The number of aromatic nitrogens is 5. The third kappa shape index (κ3) is 2.78. The SMILES string of the molecule is O=C(Nc1cccnc1)C1CCCN(c2ncnc3nc[nH]c23)C1. The van der Waals surface area contributed by atoms with Gasteiger partial charge in [0.2, 0.25) is 5.91 Å². The molecule has 1 atom stereocenters. The van der Waals surface area contributed by atoms with Crippen LogP contribution in [0, 0.1) is 5.92 Å². The summed E-state index contributed by atoms with van der Waals surface area (Å²) in [7, 11) is 0. The number of amides is 1. The first-order valence-corrected chi connectivity index (χ1v) is 7.91. The van der Waals surface area contributed by atoms with Gasteiger partial charge in [-0.05, 0) is 25.0 Å². The Balaban J connectivity index is 1.51. The number of fused-ring (bicyclic) bond motifs is 1. The Morgan fingerprint density at radius 3 is 3.17 bits per heavy atom. The van der Waals surface area contributed by atoms with E-state index in [1.165, 1.54) is 6.33 Å². The van der Waals surface area contributed by atoms with Crippen LogP contribution in [0.3, 0.4) is 0 Å². The van der Waals surface area contributed by atoms with Gasteiger partial charge < -0.3 is 15.2 Å². The summed E-state index contributed by atoms with van der Waals surface area (Å²) in [6.07, 6.45) is 8.25. The molecule has 0 aliphatic carbocycles. The lowest BCUT2D eigenvalue weighted by Crippen LogP contribution is -2.41. The summed E-state index contributed by atoms with van der Waals surface area (Å²) in [5.74, 6) is 0.728. The fourth-order valence-electron chi connectivity index (χ4n) is 3.06. The van der Waals surface area contributed by atoms with Crippen molar-refractivity contribution in [3.8, 4) is 0 Å². The van der Waals surface area contributed by atoms with E-state index in [2.05, 4.69) is 35.1 Å². The molecule has 3 aromatic heterocycles. The average molecular weight is 323 g/mol. The van der Waals surface area contributed by atoms with Crippen molar-refractivity contribution in [3.05, 3.63) is 37.2 Å². The van der Waals surface area contributed by atoms with Crippen molar-refractivity contribution in [1.82, 2.24) is 24.9 Å². The summed E-state index contributed by atoms with van der Waals surface area (Å²) in [6.45, 7) is 1.49. The third-order valence-electron chi connectivity index (χ3n) is 4.22. The van der Waals surface area contributed by atoms with Crippen molar-refractivity contribution in [2.24, 2.45) is 5.92 Å². The Kier molecular flexibility index (Phi) is 3.78. The standard InChI is InChI=1S/C16H17N7O/c24-16(22-12-4-1-5-17-7-12)11-3-2-6-23(8-11)15-13-14(19-9-18-13)20-10-21-15/h1,4-5,7,9-11H,2-3,6,8H2,(H,22,24)(H,18,19,20,21). The fourth-order valence-corrected chi connectivity index (χ4v) is 3.06. The number of piperidine rings is 1. The van der Waals surface area contributed by atoms with Gasteiger partial charge in [0.05, 0.1) is 24.1 Å². The number of nitrogens with zero attached hydrogens (tertiary/aromatic N) is 5. The molecule has 8 heteroatoms. The number of hydrogen-bond acceptors (Lipinski definition) is 6. The first-order chi connectivity index (χ1) is 11.8. The molecule has 1 fully saturated rings. The first-order valence-electron chi connectivity index (χ1n) is 7.91. The number of imidazole rings is 1. The van der Waals surface area contributed by atoms with E-state index in [1.807, 2.05) is 6.07 Å². The quantitative estimate of drug-likeness (QED) is 0.759. The number of hydrogen-bond donors (Lipinski definition) is 2. The number of carbonyl (C=O) groups excluding carboxylic acids is 1. The maximum absolute atomic E-state index is 12.5. The Bertz CT molecular complexity index is 848. The zero-order valence-electron chi connectivity index (χ0n) is 13.0. The maximum Gasteiger partial charge on any atom is 0.229 e. The van der Waals surface area contributed by atoms with Crippen LogP contribution in [-0.4, -0.2) is 43.9 Å². The smallest absolute Gasteiger partial charge is 0.229 e. The molecule has 4 heterocycles. The highest BCUT2D eigenvalue weighted by atomic mass is 16.1. The first kappa shape index (κ1) is 14.6. The number of rotatable bonds is 3. The van der Waals surface area contributed by atoms with Gasteiger partial charge >= 0.3 is 0 Å². The molecule has 3 aromatic rings. The van der Waals surface area contributed by atoms with Gasteiger partial charge in [-0.1, -0.05) is 0 Å². The predicted octanol–water partition coefficient (Wildman–Crippen LogP) is 1.60. The normalized spacial score (nSPS) is 17.8. The lowest BCUT2D eigenvalue weighted by Gasteiger charge is -2.32. The molecule has 0 aromatic carbocycles. The van der Waals surface area contributed by atoms with Crippen LogP contribution >= 0.6 is 0 Å². The van der Waals surface area contributed by atoms with E-state index in [9.17, 15) is 4.79 Å². The van der Waals surface area contributed by atoms with Gasteiger partial charge in [-0.15, -0.1) is 0 Å². The van der Waals surface area contributed by atoms with Crippen molar-refractivity contribution in [2.75, 3.05) is 23.3 Å². The van der Waals surface area contributed by atoms with E-state index in [0.29, 0.717) is 12.2 Å². The molecule has 1 amide bonds. The van der Waals surface area contributed by atoms with Crippen molar-refractivity contribution < 1.29 is 4.79 Å². The fraction of sp³-hybridized carbons (Fsp3) is 0.312. The average Bonchev–Trinajstić information content (AvgIpc) is 3.11. The Hall–Kier alpha value is -3.03. The third-order valence-corrected chi connectivity index (χ3v) is 4.22. The molecule has 1 aliphatic heterocycles. The zero-order valence-corrected chi connectivity index (χ0v) is 13.0. The second-order valence-electron chi connectivity index (χ2n) is 5.81. The van der Waals surface area contributed by atoms with Gasteiger partial charge in [0.15, 0.2) is 11.5 Å². The molecule has 8 nitrogen and oxygen atoms in total. The maximum atomic E-state index is 12.5. The Labute approximate surface area is 138 Å². The molecule has 0 saturated carbocycles. The molecule has 2 N–H and O–H groups in total. The lowest BCUT2D eigenvalue weighted by atomic mass is 9.97. The summed E-state index contributed by atoms with van der Waals surface area (Å²) in [6, 6.07) is 3.64. The minimum atomic E-state index is -0.0908. The minimum Gasteiger partial charge on any atom is -0.354 e. The van der Waals surface area contributed by atoms with Gasteiger partial charge in [-0.3, -0.25) is 9.78 Å². The molecule has 0 bridgehead atoms. The molecule has 1 unspecified atom stereocenters. The highest BCUT2D eigenvalue weighted by Gasteiger charge is 2.28. The van der Waals surface area contributed by atoms with E-state index in [4.69, 9.17) is 0 Å². The van der Waals surface area contributed by atoms with Crippen LogP contribution in [-0.2, 0) is 4.79 Å². The van der Waals surface area contributed by atoms with E-state index < -0.39 is 0 Å². The number of anilines is 2.